The third kappa shape index (κ3) is 4.49. The molecule has 1 heterocycles. The summed E-state index contributed by atoms with van der Waals surface area (Å²) in [6, 6.07) is 0. The predicted octanol–water partition coefficient (Wildman–Crippen LogP) is 0.591. The largest absolute Gasteiger partial charge is 0.480 e. The van der Waals surface area contributed by atoms with Crippen LogP contribution in [0.1, 0.15) is 20.4 Å². The van der Waals surface area contributed by atoms with Crippen molar-refractivity contribution in [1.29, 1.82) is 0 Å². The van der Waals surface area contributed by atoms with Gasteiger partial charge >= 0.3 is 5.97 Å². The number of thiazole rings is 1. The molecule has 0 bridgehead atoms. The average molecular weight is 258 g/mol. The van der Waals surface area contributed by atoms with Gasteiger partial charge in [0.1, 0.15) is 11.5 Å². The molecule has 0 aliphatic rings. The van der Waals surface area contributed by atoms with Crippen LogP contribution in [-0.2, 0) is 9.53 Å². The smallest absolute Gasteiger partial charge is 0.329 e. The Hall–Kier alpha value is -1.47. The molecule has 0 aromatic carbocycles. The molecule has 6 nitrogen and oxygen atoms in total. The summed E-state index contributed by atoms with van der Waals surface area (Å²) in [6.45, 7) is 3.72. The van der Waals surface area contributed by atoms with Gasteiger partial charge in [-0.1, -0.05) is 0 Å². The molecule has 0 saturated heterocycles. The summed E-state index contributed by atoms with van der Waals surface area (Å²) < 4.78 is 4.79. The topological polar surface area (TPSA) is 88.5 Å². The molecule has 0 unspecified atom stereocenters. The van der Waals surface area contributed by atoms with E-state index >= 15 is 0 Å². The molecule has 1 aromatic rings. The number of aliphatic carboxylic acids is 1. The van der Waals surface area contributed by atoms with E-state index in [-0.39, 0.29) is 25.7 Å². The fourth-order valence-corrected chi connectivity index (χ4v) is 2.05. The lowest BCUT2D eigenvalue weighted by molar-refractivity contribution is -0.142. The summed E-state index contributed by atoms with van der Waals surface area (Å²) in [5, 5.41) is 11.8. The van der Waals surface area contributed by atoms with Crippen molar-refractivity contribution in [2.75, 3.05) is 19.8 Å². The molecule has 0 fully saturated rings. The quantitative estimate of drug-likeness (QED) is 0.729. The van der Waals surface area contributed by atoms with Crippen LogP contribution in [0.3, 0.4) is 0 Å². The number of amides is 1. The summed E-state index contributed by atoms with van der Waals surface area (Å²) in [7, 11) is 0. The first-order valence-electron chi connectivity index (χ1n) is 5.02. The molecule has 1 amide bonds. The highest BCUT2D eigenvalue weighted by Gasteiger charge is 2.12. The summed E-state index contributed by atoms with van der Waals surface area (Å²) in [5.41, 5.74) is 0.705. The summed E-state index contributed by atoms with van der Waals surface area (Å²) in [5.74, 6) is -1.22. The number of carboxylic acid groups (broad SMARTS) is 1. The van der Waals surface area contributed by atoms with Gasteiger partial charge in [0, 0.05) is 6.54 Å². The van der Waals surface area contributed by atoms with Crippen molar-refractivity contribution in [3.8, 4) is 0 Å². The van der Waals surface area contributed by atoms with Crippen LogP contribution < -0.4 is 5.32 Å². The number of carboxylic acids is 1. The maximum atomic E-state index is 11.7. The number of aromatic nitrogens is 1. The van der Waals surface area contributed by atoms with Gasteiger partial charge in [0.05, 0.1) is 17.3 Å². The van der Waals surface area contributed by atoms with Crippen molar-refractivity contribution in [3.63, 3.8) is 0 Å². The SMILES string of the molecule is Cc1nc(C)c(C(=O)NCCOCC(=O)O)s1. The first-order chi connectivity index (χ1) is 8.00. The van der Waals surface area contributed by atoms with Gasteiger partial charge in [-0.25, -0.2) is 9.78 Å². The number of nitrogens with zero attached hydrogens (tertiary/aromatic N) is 1. The Morgan fingerprint density at radius 1 is 1.47 bits per heavy atom. The van der Waals surface area contributed by atoms with Gasteiger partial charge in [-0.3, -0.25) is 4.79 Å². The van der Waals surface area contributed by atoms with Crippen molar-refractivity contribution < 1.29 is 19.4 Å². The minimum atomic E-state index is -1.02. The number of ether oxygens (including phenoxy) is 1. The van der Waals surface area contributed by atoms with Crippen LogP contribution in [0.25, 0.3) is 0 Å². The number of hydrogen-bond donors (Lipinski definition) is 2. The highest BCUT2D eigenvalue weighted by Crippen LogP contribution is 2.16. The van der Waals surface area contributed by atoms with Crippen LogP contribution in [0.4, 0.5) is 0 Å². The highest BCUT2D eigenvalue weighted by molar-refractivity contribution is 7.13. The first kappa shape index (κ1) is 13.6. The van der Waals surface area contributed by atoms with Crippen molar-refractivity contribution in [3.05, 3.63) is 15.6 Å². The number of aryl methyl sites for hydroxylation is 2. The van der Waals surface area contributed by atoms with Crippen molar-refractivity contribution in [2.45, 2.75) is 13.8 Å². The fourth-order valence-electron chi connectivity index (χ4n) is 1.22. The van der Waals surface area contributed by atoms with E-state index in [2.05, 4.69) is 10.3 Å². The normalized spacial score (nSPS) is 10.2. The lowest BCUT2D eigenvalue weighted by Gasteiger charge is -2.03. The van der Waals surface area contributed by atoms with Crippen LogP contribution in [-0.4, -0.2) is 41.7 Å². The molecule has 0 aliphatic carbocycles. The van der Waals surface area contributed by atoms with Gasteiger partial charge in [-0.05, 0) is 13.8 Å². The highest BCUT2D eigenvalue weighted by atomic mass is 32.1. The summed E-state index contributed by atoms with van der Waals surface area (Å²) >= 11 is 1.33. The summed E-state index contributed by atoms with van der Waals surface area (Å²) in [6.07, 6.45) is 0. The zero-order chi connectivity index (χ0) is 12.8. The second-order valence-corrected chi connectivity index (χ2v) is 4.55. The molecule has 0 spiro atoms. The maximum Gasteiger partial charge on any atom is 0.329 e. The zero-order valence-corrected chi connectivity index (χ0v) is 10.5. The Morgan fingerprint density at radius 2 is 2.18 bits per heavy atom. The zero-order valence-electron chi connectivity index (χ0n) is 9.65. The van der Waals surface area contributed by atoms with Crippen LogP contribution in [0.5, 0.6) is 0 Å². The monoisotopic (exact) mass is 258 g/mol. The van der Waals surface area contributed by atoms with Gasteiger partial charge in [-0.15, -0.1) is 11.3 Å². The molecule has 1 rings (SSSR count). The molecule has 17 heavy (non-hydrogen) atoms. The first-order valence-corrected chi connectivity index (χ1v) is 5.84. The Balaban J connectivity index is 2.30. The minimum Gasteiger partial charge on any atom is -0.480 e. The van der Waals surface area contributed by atoms with Gasteiger partial charge in [0.15, 0.2) is 0 Å². The molecule has 2 N–H and O–H groups in total. The van der Waals surface area contributed by atoms with Crippen LogP contribution in [0, 0.1) is 13.8 Å². The van der Waals surface area contributed by atoms with Crippen molar-refractivity contribution >= 4 is 23.2 Å². The molecule has 0 radical (unpaired) electrons. The van der Waals surface area contributed by atoms with E-state index in [1.807, 2.05) is 6.92 Å². The molecular formula is C10H14N2O4S. The van der Waals surface area contributed by atoms with E-state index in [1.54, 1.807) is 6.92 Å². The van der Waals surface area contributed by atoms with Crippen molar-refractivity contribution in [2.24, 2.45) is 0 Å². The molecule has 94 valence electrons. The molecular weight excluding hydrogens is 244 g/mol. The average Bonchev–Trinajstić information content (AvgIpc) is 2.56. The standard InChI is InChI=1S/C10H14N2O4S/c1-6-9(17-7(2)12-6)10(15)11-3-4-16-5-8(13)14/h3-5H2,1-2H3,(H,11,15)(H,13,14). The maximum absolute atomic E-state index is 11.7. The second kappa shape index (κ2) is 6.31. The van der Waals surface area contributed by atoms with Gasteiger partial charge in [0.25, 0.3) is 5.91 Å². The third-order valence-electron chi connectivity index (χ3n) is 1.87. The number of hydrogen-bond acceptors (Lipinski definition) is 5. The minimum absolute atomic E-state index is 0.175. The Bertz CT molecular complexity index is 416. The lowest BCUT2D eigenvalue weighted by Crippen LogP contribution is -2.27. The molecule has 1 aromatic heterocycles. The molecule has 0 saturated carbocycles. The van der Waals surface area contributed by atoms with Gasteiger partial charge in [-0.2, -0.15) is 0 Å². The summed E-state index contributed by atoms with van der Waals surface area (Å²) in [4.78, 5) is 26.5. The van der Waals surface area contributed by atoms with E-state index in [0.29, 0.717) is 10.6 Å². The van der Waals surface area contributed by atoms with Crippen LogP contribution >= 0.6 is 11.3 Å². The van der Waals surface area contributed by atoms with Crippen LogP contribution in [0.2, 0.25) is 0 Å². The van der Waals surface area contributed by atoms with E-state index in [4.69, 9.17) is 9.84 Å². The van der Waals surface area contributed by atoms with Crippen molar-refractivity contribution in [1.82, 2.24) is 10.3 Å². The predicted molar refractivity (Wildman–Crippen MR) is 62.4 cm³/mol. The van der Waals surface area contributed by atoms with E-state index in [9.17, 15) is 9.59 Å². The van der Waals surface area contributed by atoms with Crippen LogP contribution in [0.15, 0.2) is 0 Å². The molecule has 7 heteroatoms. The number of rotatable bonds is 6. The van der Waals surface area contributed by atoms with E-state index in [0.717, 1.165) is 5.01 Å². The second-order valence-electron chi connectivity index (χ2n) is 3.35. The number of carbonyl (C=O) groups excluding carboxylic acids is 1. The van der Waals surface area contributed by atoms with E-state index < -0.39 is 5.97 Å². The van der Waals surface area contributed by atoms with Gasteiger partial charge < -0.3 is 15.2 Å². The number of nitrogens with one attached hydrogen (secondary N) is 1. The van der Waals surface area contributed by atoms with Gasteiger partial charge in [0.2, 0.25) is 0 Å². The molecule has 0 aliphatic heterocycles. The lowest BCUT2D eigenvalue weighted by atomic mass is 10.4. The fraction of sp³-hybridized carbons (Fsp3) is 0.500. The Kier molecular flexibility index (Phi) is 5.05. The Labute approximate surface area is 103 Å². The van der Waals surface area contributed by atoms with E-state index in [1.165, 1.54) is 11.3 Å². The molecule has 0 atom stereocenters. The Morgan fingerprint density at radius 3 is 2.71 bits per heavy atom. The third-order valence-corrected chi connectivity index (χ3v) is 2.94. The number of carbonyl (C=O) groups is 2.